The van der Waals surface area contributed by atoms with Crippen molar-refractivity contribution in [1.82, 2.24) is 9.97 Å². The second-order valence-electron chi connectivity index (χ2n) is 2.62. The zero-order valence-corrected chi connectivity index (χ0v) is 7.20. The van der Waals surface area contributed by atoms with Crippen molar-refractivity contribution in [2.45, 2.75) is 19.4 Å². The molecule has 4 nitrogen and oxygen atoms in total. The Hall–Kier alpha value is -1.16. The van der Waals surface area contributed by atoms with E-state index < -0.39 is 0 Å². The molecule has 0 aliphatic rings. The van der Waals surface area contributed by atoms with Gasteiger partial charge >= 0.3 is 0 Å². The Kier molecular flexibility index (Phi) is 3.47. The van der Waals surface area contributed by atoms with E-state index in [-0.39, 0.29) is 6.04 Å². The molecule has 1 atom stereocenters. The van der Waals surface area contributed by atoms with Gasteiger partial charge < -0.3 is 11.1 Å². The molecule has 0 spiro atoms. The Bertz CT molecular complexity index is 212. The van der Waals surface area contributed by atoms with Crippen LogP contribution in [0.1, 0.15) is 13.3 Å². The first-order valence-electron chi connectivity index (χ1n) is 4.09. The average Bonchev–Trinajstić information content (AvgIpc) is 2.16. The highest BCUT2D eigenvalue weighted by Gasteiger charge is 1.98. The monoisotopic (exact) mass is 166 g/mol. The van der Waals surface area contributed by atoms with Crippen molar-refractivity contribution in [2.24, 2.45) is 5.73 Å². The Morgan fingerprint density at radius 3 is 2.75 bits per heavy atom. The fraction of sp³-hybridized carbons (Fsp3) is 0.500. The van der Waals surface area contributed by atoms with Gasteiger partial charge in [0.1, 0.15) is 0 Å². The van der Waals surface area contributed by atoms with E-state index in [4.69, 9.17) is 5.73 Å². The van der Waals surface area contributed by atoms with Crippen LogP contribution in [0.2, 0.25) is 0 Å². The molecule has 12 heavy (non-hydrogen) atoms. The van der Waals surface area contributed by atoms with Crippen LogP contribution in [-0.4, -0.2) is 22.6 Å². The first kappa shape index (κ1) is 8.93. The van der Waals surface area contributed by atoms with Crippen molar-refractivity contribution in [3.63, 3.8) is 0 Å². The number of hydrogen-bond donors (Lipinski definition) is 2. The summed E-state index contributed by atoms with van der Waals surface area (Å²) in [6.07, 6.45) is 4.36. The van der Waals surface area contributed by atoms with Gasteiger partial charge in [0.15, 0.2) is 0 Å². The number of nitrogens with one attached hydrogen (secondary N) is 1. The standard InChI is InChI=1S/C8H14N4/c1-2-7(9)6-12-8-10-4-3-5-11-8/h3-5,7H,2,6,9H2,1H3,(H,10,11,12). The summed E-state index contributed by atoms with van der Waals surface area (Å²) in [5.41, 5.74) is 5.70. The Morgan fingerprint density at radius 2 is 2.17 bits per heavy atom. The zero-order valence-electron chi connectivity index (χ0n) is 7.20. The number of nitrogens with zero attached hydrogens (tertiary/aromatic N) is 2. The molecule has 0 aliphatic heterocycles. The number of hydrogen-bond acceptors (Lipinski definition) is 4. The van der Waals surface area contributed by atoms with Crippen LogP contribution in [0.15, 0.2) is 18.5 Å². The maximum absolute atomic E-state index is 5.70. The molecule has 1 unspecified atom stereocenters. The Labute approximate surface area is 72.2 Å². The molecular formula is C8H14N4. The summed E-state index contributed by atoms with van der Waals surface area (Å²) < 4.78 is 0. The Balaban J connectivity index is 2.33. The lowest BCUT2D eigenvalue weighted by molar-refractivity contribution is 0.676. The highest BCUT2D eigenvalue weighted by atomic mass is 15.1. The van der Waals surface area contributed by atoms with E-state index in [2.05, 4.69) is 22.2 Å². The summed E-state index contributed by atoms with van der Waals surface area (Å²) in [5, 5.41) is 3.05. The molecule has 0 aromatic carbocycles. The second kappa shape index (κ2) is 4.66. The van der Waals surface area contributed by atoms with Gasteiger partial charge in [-0.3, -0.25) is 0 Å². The molecule has 0 amide bonds. The molecule has 3 N–H and O–H groups in total. The van der Waals surface area contributed by atoms with Crippen LogP contribution in [0.25, 0.3) is 0 Å². The predicted molar refractivity (Wildman–Crippen MR) is 48.8 cm³/mol. The van der Waals surface area contributed by atoms with Crippen molar-refractivity contribution in [3.8, 4) is 0 Å². The van der Waals surface area contributed by atoms with Gasteiger partial charge in [-0.25, -0.2) is 9.97 Å². The zero-order chi connectivity index (χ0) is 8.81. The quantitative estimate of drug-likeness (QED) is 0.688. The summed E-state index contributed by atoms with van der Waals surface area (Å²) in [5.74, 6) is 0.640. The van der Waals surface area contributed by atoms with Crippen LogP contribution in [0.3, 0.4) is 0 Å². The maximum atomic E-state index is 5.70. The van der Waals surface area contributed by atoms with Crippen LogP contribution in [0, 0.1) is 0 Å². The fourth-order valence-electron chi connectivity index (χ4n) is 0.757. The topological polar surface area (TPSA) is 63.8 Å². The van der Waals surface area contributed by atoms with Crippen molar-refractivity contribution in [2.75, 3.05) is 11.9 Å². The van der Waals surface area contributed by atoms with E-state index in [1.54, 1.807) is 18.5 Å². The van der Waals surface area contributed by atoms with E-state index in [0.717, 1.165) is 13.0 Å². The minimum Gasteiger partial charge on any atom is -0.353 e. The summed E-state index contributed by atoms with van der Waals surface area (Å²) in [6, 6.07) is 1.96. The van der Waals surface area contributed by atoms with Gasteiger partial charge in [0.2, 0.25) is 5.95 Å². The largest absolute Gasteiger partial charge is 0.353 e. The molecule has 1 rings (SSSR count). The van der Waals surface area contributed by atoms with Gasteiger partial charge in [0.25, 0.3) is 0 Å². The highest BCUT2D eigenvalue weighted by molar-refractivity contribution is 5.22. The van der Waals surface area contributed by atoms with E-state index in [9.17, 15) is 0 Å². The Morgan fingerprint density at radius 1 is 1.50 bits per heavy atom. The molecule has 4 heteroatoms. The van der Waals surface area contributed by atoms with E-state index in [1.807, 2.05) is 0 Å². The molecule has 0 bridgehead atoms. The van der Waals surface area contributed by atoms with Gasteiger partial charge in [0.05, 0.1) is 0 Å². The average molecular weight is 166 g/mol. The maximum Gasteiger partial charge on any atom is 0.222 e. The third-order valence-electron chi connectivity index (χ3n) is 1.61. The first-order chi connectivity index (χ1) is 5.83. The van der Waals surface area contributed by atoms with E-state index in [1.165, 1.54) is 0 Å². The number of rotatable bonds is 4. The normalized spacial score (nSPS) is 12.5. The fourth-order valence-corrected chi connectivity index (χ4v) is 0.757. The van der Waals surface area contributed by atoms with Crippen LogP contribution >= 0.6 is 0 Å². The van der Waals surface area contributed by atoms with Crippen molar-refractivity contribution >= 4 is 5.95 Å². The second-order valence-corrected chi connectivity index (χ2v) is 2.62. The third-order valence-corrected chi connectivity index (χ3v) is 1.61. The SMILES string of the molecule is CCC(N)CNc1ncccn1. The smallest absolute Gasteiger partial charge is 0.222 e. The molecule has 1 aromatic rings. The van der Waals surface area contributed by atoms with Crippen molar-refractivity contribution < 1.29 is 0 Å². The minimum atomic E-state index is 0.175. The van der Waals surface area contributed by atoms with E-state index in [0.29, 0.717) is 5.95 Å². The van der Waals surface area contributed by atoms with E-state index >= 15 is 0 Å². The molecule has 66 valence electrons. The molecule has 0 fully saturated rings. The molecule has 1 aromatic heterocycles. The number of aromatic nitrogens is 2. The van der Waals surface area contributed by atoms with Gasteiger partial charge in [-0.2, -0.15) is 0 Å². The summed E-state index contributed by atoms with van der Waals surface area (Å²) in [7, 11) is 0. The molecular weight excluding hydrogens is 152 g/mol. The van der Waals surface area contributed by atoms with Gasteiger partial charge in [0, 0.05) is 25.0 Å². The van der Waals surface area contributed by atoms with Crippen molar-refractivity contribution in [1.29, 1.82) is 0 Å². The predicted octanol–water partition coefficient (Wildman–Crippen LogP) is 0.626. The van der Waals surface area contributed by atoms with Crippen LogP contribution < -0.4 is 11.1 Å². The number of nitrogens with two attached hydrogens (primary N) is 1. The third kappa shape index (κ3) is 2.84. The molecule has 0 saturated carbocycles. The van der Waals surface area contributed by atoms with Gasteiger partial charge in [-0.1, -0.05) is 6.92 Å². The molecule has 1 heterocycles. The number of anilines is 1. The summed E-state index contributed by atoms with van der Waals surface area (Å²) in [6.45, 7) is 2.78. The molecule has 0 radical (unpaired) electrons. The lowest BCUT2D eigenvalue weighted by Crippen LogP contribution is -2.28. The van der Waals surface area contributed by atoms with Crippen LogP contribution in [0.5, 0.6) is 0 Å². The highest BCUT2D eigenvalue weighted by Crippen LogP contribution is 1.94. The minimum absolute atomic E-state index is 0.175. The molecule has 0 saturated heterocycles. The molecule has 0 aliphatic carbocycles. The first-order valence-corrected chi connectivity index (χ1v) is 4.09. The van der Waals surface area contributed by atoms with Gasteiger partial charge in [-0.05, 0) is 12.5 Å². The van der Waals surface area contributed by atoms with Gasteiger partial charge in [-0.15, -0.1) is 0 Å². The lowest BCUT2D eigenvalue weighted by Gasteiger charge is -2.08. The lowest BCUT2D eigenvalue weighted by atomic mass is 10.2. The summed E-state index contributed by atoms with van der Waals surface area (Å²) in [4.78, 5) is 8.01. The van der Waals surface area contributed by atoms with Crippen molar-refractivity contribution in [3.05, 3.63) is 18.5 Å². The van der Waals surface area contributed by atoms with Crippen LogP contribution in [-0.2, 0) is 0 Å². The van der Waals surface area contributed by atoms with Crippen LogP contribution in [0.4, 0.5) is 5.95 Å². The summed E-state index contributed by atoms with van der Waals surface area (Å²) >= 11 is 0.